The highest BCUT2D eigenvalue weighted by molar-refractivity contribution is 8.00. The van der Waals surface area contributed by atoms with Crippen molar-refractivity contribution in [2.75, 3.05) is 25.2 Å². The number of thioether (sulfide) groups is 1. The number of anilines is 1. The van der Waals surface area contributed by atoms with E-state index < -0.39 is 29.6 Å². The van der Waals surface area contributed by atoms with Crippen molar-refractivity contribution in [2.45, 2.75) is 24.8 Å². The summed E-state index contributed by atoms with van der Waals surface area (Å²) in [6, 6.07) is 7.12. The van der Waals surface area contributed by atoms with Crippen LogP contribution >= 0.6 is 11.8 Å². The summed E-state index contributed by atoms with van der Waals surface area (Å²) in [7, 11) is 2.83. The molecule has 2 aromatic rings. The number of hydrogen-bond donors (Lipinski definition) is 1. The van der Waals surface area contributed by atoms with Gasteiger partial charge < -0.3 is 15.2 Å². The van der Waals surface area contributed by atoms with Crippen molar-refractivity contribution in [3.63, 3.8) is 0 Å². The van der Waals surface area contributed by atoms with E-state index in [1.807, 2.05) is 6.92 Å². The lowest BCUT2D eigenvalue weighted by Gasteiger charge is -2.13. The molecular formula is C19H23N3O6S. The molecule has 0 aliphatic heterocycles. The third-order valence-corrected chi connectivity index (χ3v) is 5.08. The Bertz CT molecular complexity index is 1010. The van der Waals surface area contributed by atoms with Gasteiger partial charge in [-0.1, -0.05) is 6.92 Å². The first-order chi connectivity index (χ1) is 13.8. The number of nitrogens with two attached hydrogens (primary N) is 1. The summed E-state index contributed by atoms with van der Waals surface area (Å²) in [5, 5.41) is 0. The normalized spacial score (nSPS) is 10.6. The van der Waals surface area contributed by atoms with E-state index >= 15 is 0 Å². The van der Waals surface area contributed by atoms with Gasteiger partial charge in [0.2, 0.25) is 5.78 Å². The smallest absolute Gasteiger partial charge is 0.332 e. The fourth-order valence-electron chi connectivity index (χ4n) is 2.56. The van der Waals surface area contributed by atoms with Gasteiger partial charge >= 0.3 is 11.7 Å². The monoisotopic (exact) mass is 421 g/mol. The number of rotatable bonds is 9. The summed E-state index contributed by atoms with van der Waals surface area (Å²) >= 11 is 1.24. The molecule has 1 aromatic carbocycles. The predicted octanol–water partition coefficient (Wildman–Crippen LogP) is 1.07. The third kappa shape index (κ3) is 5.29. The van der Waals surface area contributed by atoms with E-state index in [1.54, 1.807) is 31.4 Å². The highest BCUT2D eigenvalue weighted by Crippen LogP contribution is 2.21. The Labute approximate surface area is 171 Å². The molecule has 0 spiro atoms. The van der Waals surface area contributed by atoms with Gasteiger partial charge in [0.15, 0.2) is 6.61 Å². The molecule has 0 saturated carbocycles. The minimum atomic E-state index is -0.812. The zero-order valence-corrected chi connectivity index (χ0v) is 17.3. The molecule has 1 heterocycles. The fraction of sp³-hybridized carbons (Fsp3) is 0.368. The zero-order chi connectivity index (χ0) is 21.6. The van der Waals surface area contributed by atoms with E-state index in [2.05, 4.69) is 0 Å². The Balaban J connectivity index is 2.03. The lowest BCUT2D eigenvalue weighted by molar-refractivity contribution is -0.139. The first kappa shape index (κ1) is 22.3. The summed E-state index contributed by atoms with van der Waals surface area (Å²) < 4.78 is 12.0. The minimum Gasteiger partial charge on any atom is -0.497 e. The number of hydrogen-bond acceptors (Lipinski definition) is 8. The minimum absolute atomic E-state index is 0.0115. The van der Waals surface area contributed by atoms with Crippen molar-refractivity contribution < 1.29 is 19.1 Å². The van der Waals surface area contributed by atoms with E-state index in [0.717, 1.165) is 14.0 Å². The molecule has 2 rings (SSSR count). The quantitative estimate of drug-likeness (QED) is 0.362. The van der Waals surface area contributed by atoms with Gasteiger partial charge in [0.05, 0.1) is 12.9 Å². The van der Waals surface area contributed by atoms with Crippen LogP contribution < -0.4 is 21.7 Å². The van der Waals surface area contributed by atoms with Crippen LogP contribution in [-0.2, 0) is 23.1 Å². The average molecular weight is 421 g/mol. The molecule has 10 heteroatoms. The molecule has 1 aromatic heterocycles. The molecule has 0 saturated heterocycles. The Morgan fingerprint density at radius 3 is 2.41 bits per heavy atom. The molecule has 9 nitrogen and oxygen atoms in total. The number of ether oxygens (including phenoxy) is 2. The van der Waals surface area contributed by atoms with Crippen LogP contribution in [0.3, 0.4) is 0 Å². The van der Waals surface area contributed by atoms with Crippen LogP contribution in [0.5, 0.6) is 5.75 Å². The molecular weight excluding hydrogens is 398 g/mol. The van der Waals surface area contributed by atoms with Crippen LogP contribution in [0.15, 0.2) is 38.8 Å². The van der Waals surface area contributed by atoms with Gasteiger partial charge in [0.25, 0.3) is 5.56 Å². The lowest BCUT2D eigenvalue weighted by Crippen LogP contribution is -2.43. The number of esters is 1. The summed E-state index contributed by atoms with van der Waals surface area (Å²) in [4.78, 5) is 49.7. The predicted molar refractivity (Wildman–Crippen MR) is 110 cm³/mol. The van der Waals surface area contributed by atoms with Crippen molar-refractivity contribution in [1.29, 1.82) is 0 Å². The number of Topliss-reactive ketones (excluding diaryl/α,β-unsaturated/α-hetero) is 1. The van der Waals surface area contributed by atoms with Gasteiger partial charge in [-0.2, -0.15) is 0 Å². The molecule has 0 aliphatic carbocycles. The number of methoxy groups -OCH3 is 1. The molecule has 156 valence electrons. The van der Waals surface area contributed by atoms with Crippen LogP contribution in [-0.4, -0.2) is 40.4 Å². The molecule has 0 atom stereocenters. The van der Waals surface area contributed by atoms with Gasteiger partial charge in [0.1, 0.15) is 17.1 Å². The number of ketones is 1. The highest BCUT2D eigenvalue weighted by atomic mass is 32.2. The molecule has 0 radical (unpaired) electrons. The zero-order valence-electron chi connectivity index (χ0n) is 16.5. The second kappa shape index (κ2) is 9.97. The number of benzene rings is 1. The van der Waals surface area contributed by atoms with Crippen molar-refractivity contribution in [1.82, 2.24) is 9.13 Å². The number of carbonyl (C=O) groups is 2. The van der Waals surface area contributed by atoms with E-state index in [0.29, 0.717) is 12.2 Å². The van der Waals surface area contributed by atoms with Gasteiger partial charge in [-0.05, 0) is 30.7 Å². The van der Waals surface area contributed by atoms with Gasteiger partial charge in [-0.25, -0.2) is 4.79 Å². The Kier molecular flexibility index (Phi) is 7.66. The maximum Gasteiger partial charge on any atom is 0.332 e. The van der Waals surface area contributed by atoms with Crippen molar-refractivity contribution in [3.8, 4) is 5.75 Å². The standard InChI is InChI=1S/C19H23N3O6S/c1-4-9-22-17(20)16(18(25)21(2)19(22)26)14(23)10-28-15(24)11-29-13-7-5-12(27-3)6-8-13/h5-8H,4,9-11,20H2,1-3H3. The molecule has 29 heavy (non-hydrogen) atoms. The Hall–Kier alpha value is -3.01. The molecule has 0 bridgehead atoms. The van der Waals surface area contributed by atoms with Gasteiger partial charge in [-0.15, -0.1) is 11.8 Å². The second-order valence-corrected chi connectivity index (χ2v) is 7.16. The van der Waals surface area contributed by atoms with Crippen molar-refractivity contribution in [3.05, 3.63) is 50.7 Å². The maximum absolute atomic E-state index is 12.4. The van der Waals surface area contributed by atoms with Gasteiger partial charge in [-0.3, -0.25) is 23.5 Å². The topological polar surface area (TPSA) is 123 Å². The van der Waals surface area contributed by atoms with E-state index in [1.165, 1.54) is 18.8 Å². The number of carbonyl (C=O) groups excluding carboxylic acids is 2. The van der Waals surface area contributed by atoms with Crippen LogP contribution in [0.4, 0.5) is 5.82 Å². The first-order valence-corrected chi connectivity index (χ1v) is 9.83. The molecule has 0 aliphatic rings. The largest absolute Gasteiger partial charge is 0.497 e. The highest BCUT2D eigenvalue weighted by Gasteiger charge is 2.22. The Morgan fingerprint density at radius 1 is 1.17 bits per heavy atom. The summed E-state index contributed by atoms with van der Waals surface area (Å²) in [6.45, 7) is 1.46. The van der Waals surface area contributed by atoms with E-state index in [9.17, 15) is 19.2 Å². The van der Waals surface area contributed by atoms with Crippen LogP contribution in [0.25, 0.3) is 0 Å². The summed E-state index contributed by atoms with van der Waals surface area (Å²) in [6.07, 6.45) is 0.591. The molecule has 0 unspecified atom stereocenters. The molecule has 0 fully saturated rings. The number of nitrogen functional groups attached to an aromatic ring is 1. The molecule has 0 amide bonds. The first-order valence-electron chi connectivity index (χ1n) is 8.85. The maximum atomic E-state index is 12.4. The van der Waals surface area contributed by atoms with Gasteiger partial charge in [0, 0.05) is 18.5 Å². The SMILES string of the molecule is CCCn1c(N)c(C(=O)COC(=O)CSc2ccc(OC)cc2)c(=O)n(C)c1=O. The second-order valence-electron chi connectivity index (χ2n) is 6.11. The van der Waals surface area contributed by atoms with Crippen LogP contribution in [0.1, 0.15) is 23.7 Å². The van der Waals surface area contributed by atoms with Crippen LogP contribution in [0.2, 0.25) is 0 Å². The number of nitrogens with zero attached hydrogens (tertiary/aromatic N) is 2. The number of aromatic nitrogens is 2. The van der Waals surface area contributed by atoms with Crippen LogP contribution in [0, 0.1) is 0 Å². The lowest BCUT2D eigenvalue weighted by atomic mass is 10.2. The summed E-state index contributed by atoms with van der Waals surface area (Å²) in [5.74, 6) is -0.894. The third-order valence-electron chi connectivity index (χ3n) is 4.09. The average Bonchev–Trinajstić information content (AvgIpc) is 2.72. The Morgan fingerprint density at radius 2 is 1.83 bits per heavy atom. The fourth-order valence-corrected chi connectivity index (χ4v) is 3.26. The van der Waals surface area contributed by atoms with E-state index in [-0.39, 0.29) is 23.7 Å². The molecule has 2 N–H and O–H groups in total. The van der Waals surface area contributed by atoms with Crippen molar-refractivity contribution >= 4 is 29.3 Å². The van der Waals surface area contributed by atoms with E-state index in [4.69, 9.17) is 15.2 Å². The summed E-state index contributed by atoms with van der Waals surface area (Å²) in [5.41, 5.74) is 4.12. The van der Waals surface area contributed by atoms with Crippen molar-refractivity contribution in [2.24, 2.45) is 7.05 Å².